The predicted molar refractivity (Wildman–Crippen MR) is 73.3 cm³/mol. The van der Waals surface area contributed by atoms with Gasteiger partial charge in [0.25, 0.3) is 0 Å². The van der Waals surface area contributed by atoms with Crippen molar-refractivity contribution in [2.45, 2.75) is 19.9 Å². The van der Waals surface area contributed by atoms with Gasteiger partial charge in [0.15, 0.2) is 11.4 Å². The summed E-state index contributed by atoms with van der Waals surface area (Å²) >= 11 is 3.16. The van der Waals surface area contributed by atoms with Crippen LogP contribution in [0.4, 0.5) is 5.13 Å². The van der Waals surface area contributed by atoms with Crippen LogP contribution < -0.4 is 4.90 Å². The van der Waals surface area contributed by atoms with Crippen LogP contribution in [0.15, 0.2) is 16.8 Å². The van der Waals surface area contributed by atoms with Gasteiger partial charge in [-0.3, -0.25) is 4.79 Å². The van der Waals surface area contributed by atoms with E-state index in [1.807, 2.05) is 14.0 Å². The van der Waals surface area contributed by atoms with Gasteiger partial charge < -0.3 is 4.90 Å². The highest BCUT2D eigenvalue weighted by molar-refractivity contribution is 7.17. The molecule has 5 heteroatoms. The molecule has 0 aliphatic heterocycles. The highest BCUT2D eigenvalue weighted by atomic mass is 32.1. The fraction of sp³-hybridized carbons (Fsp3) is 0.333. The summed E-state index contributed by atoms with van der Waals surface area (Å²) in [6.07, 6.45) is 1.70. The zero-order chi connectivity index (χ0) is 12.3. The van der Waals surface area contributed by atoms with E-state index in [0.717, 1.165) is 35.0 Å². The minimum absolute atomic E-state index is 0.750. The molecule has 0 saturated carbocycles. The molecule has 0 aliphatic rings. The van der Waals surface area contributed by atoms with Crippen molar-refractivity contribution in [2.75, 3.05) is 11.9 Å². The van der Waals surface area contributed by atoms with Crippen molar-refractivity contribution in [1.29, 1.82) is 0 Å². The van der Waals surface area contributed by atoms with Gasteiger partial charge in [0.05, 0.1) is 10.6 Å². The topological polar surface area (TPSA) is 33.2 Å². The molecule has 0 N–H and O–H groups in total. The number of carbonyl (C=O) groups excluding carboxylic acids is 1. The predicted octanol–water partition coefficient (Wildman–Crippen LogP) is 3.22. The van der Waals surface area contributed by atoms with Gasteiger partial charge in [-0.15, -0.1) is 0 Å². The molecule has 2 heterocycles. The SMILES string of the molecule is CCc1nc(N(C)Cc2ccsc2)sc1C=O. The van der Waals surface area contributed by atoms with E-state index >= 15 is 0 Å². The quantitative estimate of drug-likeness (QED) is 0.779. The van der Waals surface area contributed by atoms with E-state index in [-0.39, 0.29) is 0 Å². The molecule has 0 amide bonds. The zero-order valence-corrected chi connectivity index (χ0v) is 11.5. The molecule has 0 saturated heterocycles. The van der Waals surface area contributed by atoms with Gasteiger partial charge in [-0.05, 0) is 28.8 Å². The molecule has 17 heavy (non-hydrogen) atoms. The number of aldehydes is 1. The second-order valence-electron chi connectivity index (χ2n) is 3.77. The Morgan fingerprint density at radius 2 is 2.35 bits per heavy atom. The first kappa shape index (κ1) is 12.3. The van der Waals surface area contributed by atoms with Crippen molar-refractivity contribution in [3.05, 3.63) is 33.0 Å². The van der Waals surface area contributed by atoms with Crippen molar-refractivity contribution >= 4 is 34.1 Å². The lowest BCUT2D eigenvalue weighted by molar-refractivity contribution is 0.112. The number of thiazole rings is 1. The third kappa shape index (κ3) is 2.73. The van der Waals surface area contributed by atoms with E-state index in [0.29, 0.717) is 0 Å². The van der Waals surface area contributed by atoms with E-state index < -0.39 is 0 Å². The molecular weight excluding hydrogens is 252 g/mol. The number of carbonyl (C=O) groups is 1. The van der Waals surface area contributed by atoms with Gasteiger partial charge >= 0.3 is 0 Å². The summed E-state index contributed by atoms with van der Waals surface area (Å²) in [5, 5.41) is 5.11. The van der Waals surface area contributed by atoms with Crippen LogP contribution in [0.2, 0.25) is 0 Å². The molecule has 0 atom stereocenters. The van der Waals surface area contributed by atoms with Crippen LogP contribution in [0.5, 0.6) is 0 Å². The number of aromatic nitrogens is 1. The lowest BCUT2D eigenvalue weighted by atomic mass is 10.3. The largest absolute Gasteiger partial charge is 0.347 e. The van der Waals surface area contributed by atoms with Crippen LogP contribution in [0.1, 0.15) is 27.9 Å². The molecule has 0 spiro atoms. The fourth-order valence-corrected chi connectivity index (χ4v) is 3.17. The van der Waals surface area contributed by atoms with Crippen molar-refractivity contribution in [3.8, 4) is 0 Å². The number of thiophene rings is 1. The molecule has 0 unspecified atom stereocenters. The smallest absolute Gasteiger partial charge is 0.186 e. The van der Waals surface area contributed by atoms with Gasteiger partial charge in [0.1, 0.15) is 0 Å². The Morgan fingerprint density at radius 1 is 1.53 bits per heavy atom. The normalized spacial score (nSPS) is 10.5. The Bertz CT molecular complexity index is 491. The van der Waals surface area contributed by atoms with Crippen LogP contribution in [-0.2, 0) is 13.0 Å². The Morgan fingerprint density at radius 3 is 2.88 bits per heavy atom. The highest BCUT2D eigenvalue weighted by Gasteiger charge is 2.12. The first-order valence-electron chi connectivity index (χ1n) is 5.41. The van der Waals surface area contributed by atoms with Crippen LogP contribution in [0.3, 0.4) is 0 Å². The maximum Gasteiger partial charge on any atom is 0.186 e. The third-order valence-corrected chi connectivity index (χ3v) is 4.35. The monoisotopic (exact) mass is 266 g/mol. The van der Waals surface area contributed by atoms with Gasteiger partial charge in [0, 0.05) is 13.6 Å². The number of nitrogens with zero attached hydrogens (tertiary/aromatic N) is 2. The van der Waals surface area contributed by atoms with E-state index in [4.69, 9.17) is 0 Å². The molecule has 0 aliphatic carbocycles. The van der Waals surface area contributed by atoms with Crippen LogP contribution in [0.25, 0.3) is 0 Å². The molecular formula is C12H14N2OS2. The van der Waals surface area contributed by atoms with Crippen molar-refractivity contribution in [2.24, 2.45) is 0 Å². The molecule has 90 valence electrons. The molecule has 2 aromatic rings. The number of hydrogen-bond acceptors (Lipinski definition) is 5. The lowest BCUT2D eigenvalue weighted by Crippen LogP contribution is -2.15. The number of hydrogen-bond donors (Lipinski definition) is 0. The second kappa shape index (κ2) is 5.42. The zero-order valence-electron chi connectivity index (χ0n) is 9.84. The molecule has 2 rings (SSSR count). The van der Waals surface area contributed by atoms with Crippen LogP contribution >= 0.6 is 22.7 Å². The molecule has 0 fully saturated rings. The molecule has 0 radical (unpaired) electrons. The van der Waals surface area contributed by atoms with Gasteiger partial charge in [-0.1, -0.05) is 18.3 Å². The summed E-state index contributed by atoms with van der Waals surface area (Å²) in [5.41, 5.74) is 2.18. The molecule has 0 aromatic carbocycles. The number of anilines is 1. The Kier molecular flexibility index (Phi) is 3.91. The summed E-state index contributed by atoms with van der Waals surface area (Å²) in [5.74, 6) is 0. The minimum Gasteiger partial charge on any atom is -0.347 e. The van der Waals surface area contributed by atoms with E-state index in [9.17, 15) is 4.79 Å². The average Bonchev–Trinajstić information content (AvgIpc) is 2.96. The van der Waals surface area contributed by atoms with Gasteiger partial charge in [-0.2, -0.15) is 11.3 Å². The van der Waals surface area contributed by atoms with Gasteiger partial charge in [0.2, 0.25) is 0 Å². The highest BCUT2D eigenvalue weighted by Crippen LogP contribution is 2.26. The maximum atomic E-state index is 10.9. The minimum atomic E-state index is 0.750. The first-order chi connectivity index (χ1) is 8.24. The summed E-state index contributed by atoms with van der Waals surface area (Å²) in [4.78, 5) is 18.2. The molecule has 3 nitrogen and oxygen atoms in total. The summed E-state index contributed by atoms with van der Waals surface area (Å²) in [6, 6.07) is 2.11. The van der Waals surface area contributed by atoms with Crippen molar-refractivity contribution < 1.29 is 4.79 Å². The summed E-state index contributed by atoms with van der Waals surface area (Å²) < 4.78 is 0. The average molecular weight is 266 g/mol. The van der Waals surface area contributed by atoms with Crippen LogP contribution in [-0.4, -0.2) is 18.3 Å². The lowest BCUT2D eigenvalue weighted by Gasteiger charge is -2.14. The first-order valence-corrected chi connectivity index (χ1v) is 7.17. The number of aryl methyl sites for hydroxylation is 1. The fourth-order valence-electron chi connectivity index (χ4n) is 1.58. The summed E-state index contributed by atoms with van der Waals surface area (Å²) in [7, 11) is 2.00. The third-order valence-electron chi connectivity index (χ3n) is 2.48. The van der Waals surface area contributed by atoms with Crippen molar-refractivity contribution in [1.82, 2.24) is 4.98 Å². The van der Waals surface area contributed by atoms with E-state index in [1.54, 1.807) is 11.3 Å². The molecule has 2 aromatic heterocycles. The van der Waals surface area contributed by atoms with E-state index in [2.05, 4.69) is 26.7 Å². The Balaban J connectivity index is 2.16. The standard InChI is InChI=1S/C12H14N2OS2/c1-3-10-11(7-15)17-12(13-10)14(2)6-9-4-5-16-8-9/h4-5,7-8H,3,6H2,1-2H3. The van der Waals surface area contributed by atoms with Crippen molar-refractivity contribution in [3.63, 3.8) is 0 Å². The van der Waals surface area contributed by atoms with Gasteiger partial charge in [-0.25, -0.2) is 4.98 Å². The second-order valence-corrected chi connectivity index (χ2v) is 5.56. The van der Waals surface area contributed by atoms with E-state index in [1.165, 1.54) is 16.9 Å². The Hall–Kier alpha value is -1.20. The molecule has 0 bridgehead atoms. The summed E-state index contributed by atoms with van der Waals surface area (Å²) in [6.45, 7) is 2.85. The van der Waals surface area contributed by atoms with Crippen LogP contribution in [0, 0.1) is 0 Å². The number of rotatable bonds is 5. The Labute approximate surface area is 109 Å². The maximum absolute atomic E-state index is 10.9.